The Labute approximate surface area is 123 Å². The molecular weight excluding hydrogens is 266 g/mol. The Hall–Kier alpha value is -2.20. The lowest BCUT2D eigenvalue weighted by molar-refractivity contribution is -0.631. The first kappa shape index (κ1) is 8.17. The highest BCUT2D eigenvalue weighted by Crippen LogP contribution is 2.38. The van der Waals surface area contributed by atoms with Crippen molar-refractivity contribution >= 4 is 31.9 Å². The fourth-order valence-corrected chi connectivity index (χ4v) is 4.17. The summed E-state index contributed by atoms with van der Waals surface area (Å²) >= 11 is 1.49. The molecule has 0 radical (unpaired) electrons. The van der Waals surface area contributed by atoms with Crippen molar-refractivity contribution < 1.29 is 8.68 Å². The number of pyridine rings is 1. The maximum Gasteiger partial charge on any atom is 0.291 e. The SMILES string of the molecule is [2H]C([2H])([2H])[n+]1c2n(c3c4ncccc4sc31)Cc1ccccc1-2. The summed E-state index contributed by atoms with van der Waals surface area (Å²) in [6.45, 7) is -1.54. The molecule has 1 aromatic carbocycles. The van der Waals surface area contributed by atoms with Crippen molar-refractivity contribution in [1.29, 1.82) is 0 Å². The number of fused-ring (bicyclic) bond motifs is 7. The van der Waals surface area contributed by atoms with E-state index >= 15 is 0 Å². The van der Waals surface area contributed by atoms with E-state index in [1.807, 2.05) is 30.3 Å². The van der Waals surface area contributed by atoms with E-state index in [2.05, 4.69) is 15.6 Å². The van der Waals surface area contributed by atoms with Gasteiger partial charge in [0, 0.05) is 11.8 Å². The number of aromatic nitrogens is 3. The molecule has 20 heavy (non-hydrogen) atoms. The third-order valence-electron chi connectivity index (χ3n) is 3.93. The van der Waals surface area contributed by atoms with Crippen molar-refractivity contribution in [2.75, 3.05) is 0 Å². The summed E-state index contributed by atoms with van der Waals surface area (Å²) in [5.41, 5.74) is 3.95. The molecule has 1 aliphatic rings. The van der Waals surface area contributed by atoms with Crippen LogP contribution in [0, 0.1) is 0 Å². The zero-order valence-corrected chi connectivity index (χ0v) is 11.3. The lowest BCUT2D eigenvalue weighted by Crippen LogP contribution is -2.28. The molecule has 1 aliphatic heterocycles. The Kier molecular flexibility index (Phi) is 1.41. The van der Waals surface area contributed by atoms with Crippen LogP contribution in [0.5, 0.6) is 0 Å². The highest BCUT2D eigenvalue weighted by Gasteiger charge is 2.34. The van der Waals surface area contributed by atoms with Crippen LogP contribution in [0.1, 0.15) is 9.68 Å². The quantitative estimate of drug-likeness (QED) is 0.400. The topological polar surface area (TPSA) is 21.7 Å². The zero-order valence-electron chi connectivity index (χ0n) is 13.5. The van der Waals surface area contributed by atoms with Gasteiger partial charge in [-0.3, -0.25) is 4.98 Å². The van der Waals surface area contributed by atoms with Gasteiger partial charge in [0.1, 0.15) is 12.1 Å². The average molecular weight is 281 g/mol. The highest BCUT2D eigenvalue weighted by atomic mass is 32.1. The lowest BCUT2D eigenvalue weighted by Gasteiger charge is -1.93. The third kappa shape index (κ3) is 1.11. The van der Waals surface area contributed by atoms with E-state index in [0.717, 1.165) is 37.5 Å². The van der Waals surface area contributed by atoms with E-state index in [9.17, 15) is 0 Å². The van der Waals surface area contributed by atoms with E-state index in [4.69, 9.17) is 4.11 Å². The first-order valence-electron chi connectivity index (χ1n) is 7.96. The van der Waals surface area contributed by atoms with Crippen LogP contribution in [-0.2, 0) is 13.5 Å². The van der Waals surface area contributed by atoms with Gasteiger partial charge in [0.15, 0.2) is 0 Å². The fourth-order valence-electron chi connectivity index (χ4n) is 3.09. The van der Waals surface area contributed by atoms with Crippen molar-refractivity contribution in [2.45, 2.75) is 6.54 Å². The molecular formula is C16H12N3S+. The van der Waals surface area contributed by atoms with Gasteiger partial charge in [-0.2, -0.15) is 0 Å². The van der Waals surface area contributed by atoms with Crippen LogP contribution < -0.4 is 4.57 Å². The Morgan fingerprint density at radius 2 is 2.25 bits per heavy atom. The molecule has 5 rings (SSSR count). The number of hydrogen-bond donors (Lipinski definition) is 0. The lowest BCUT2D eigenvalue weighted by atomic mass is 10.1. The van der Waals surface area contributed by atoms with Gasteiger partial charge >= 0.3 is 0 Å². The van der Waals surface area contributed by atoms with Crippen LogP contribution in [0.15, 0.2) is 42.6 Å². The smallest absolute Gasteiger partial charge is 0.251 e. The van der Waals surface area contributed by atoms with E-state index in [1.54, 1.807) is 6.20 Å². The molecule has 0 saturated carbocycles. The predicted molar refractivity (Wildman–Crippen MR) is 80.8 cm³/mol. The highest BCUT2D eigenvalue weighted by molar-refractivity contribution is 7.25. The van der Waals surface area contributed by atoms with Crippen molar-refractivity contribution in [3.8, 4) is 11.4 Å². The summed E-state index contributed by atoms with van der Waals surface area (Å²) in [4.78, 5) is 5.26. The van der Waals surface area contributed by atoms with Crippen molar-refractivity contribution in [3.05, 3.63) is 48.2 Å². The van der Waals surface area contributed by atoms with Crippen LogP contribution in [-0.4, -0.2) is 9.55 Å². The van der Waals surface area contributed by atoms with Gasteiger partial charge in [0.25, 0.3) is 5.82 Å². The average Bonchev–Trinajstić information content (AvgIpc) is 3.12. The summed E-state index contributed by atoms with van der Waals surface area (Å²) in [5.74, 6) is 0.759. The number of benzene rings is 1. The minimum absolute atomic E-state index is 0.688. The Balaban J connectivity index is 2.01. The number of imidazole rings is 1. The zero-order chi connectivity index (χ0) is 15.8. The van der Waals surface area contributed by atoms with Crippen LogP contribution >= 0.6 is 11.3 Å². The molecule has 0 aliphatic carbocycles. The molecule has 0 unspecified atom stereocenters. The second kappa shape index (κ2) is 3.46. The first-order chi connectivity index (χ1) is 11.1. The van der Waals surface area contributed by atoms with E-state index in [0.29, 0.717) is 6.54 Å². The number of hydrogen-bond acceptors (Lipinski definition) is 2. The number of rotatable bonds is 0. The van der Waals surface area contributed by atoms with Gasteiger partial charge in [-0.15, -0.1) is 0 Å². The monoisotopic (exact) mass is 281 g/mol. The molecule has 0 fully saturated rings. The van der Waals surface area contributed by atoms with E-state index < -0.39 is 6.98 Å². The maximum absolute atomic E-state index is 8.02. The molecule has 0 bridgehead atoms. The second-order valence-corrected chi connectivity index (χ2v) is 6.04. The molecule has 0 saturated heterocycles. The molecule has 96 valence electrons. The molecule has 3 nitrogen and oxygen atoms in total. The van der Waals surface area contributed by atoms with Crippen molar-refractivity contribution in [2.24, 2.45) is 6.98 Å². The van der Waals surface area contributed by atoms with Crippen LogP contribution in [0.3, 0.4) is 0 Å². The summed E-state index contributed by atoms with van der Waals surface area (Å²) in [6, 6.07) is 11.9. The minimum atomic E-state index is -2.23. The Bertz CT molecular complexity index is 1090. The summed E-state index contributed by atoms with van der Waals surface area (Å²) in [5, 5.41) is 0. The van der Waals surface area contributed by atoms with Gasteiger partial charge in [0.2, 0.25) is 10.3 Å². The van der Waals surface area contributed by atoms with Gasteiger partial charge in [-0.1, -0.05) is 29.5 Å². The van der Waals surface area contributed by atoms with E-state index in [-0.39, 0.29) is 0 Å². The van der Waals surface area contributed by atoms with Gasteiger partial charge < -0.3 is 0 Å². The Morgan fingerprint density at radius 3 is 3.20 bits per heavy atom. The van der Waals surface area contributed by atoms with Crippen molar-refractivity contribution in [1.82, 2.24) is 9.55 Å². The molecule has 4 heterocycles. The normalized spacial score (nSPS) is 15.9. The molecule has 4 aromatic rings. The number of nitrogens with zero attached hydrogens (tertiary/aromatic N) is 3. The standard InChI is InChI=1S/C16H12N3S/c1-18-15-11-6-3-2-5-10(11)9-19(15)14-13-12(20-16(14)18)7-4-8-17-13/h2-8H,9H2,1H3/q+1/i1D3. The summed E-state index contributed by atoms with van der Waals surface area (Å²) in [7, 11) is 0. The van der Waals surface area contributed by atoms with Gasteiger partial charge in [0.05, 0.1) is 21.4 Å². The van der Waals surface area contributed by atoms with Crippen LogP contribution in [0.25, 0.3) is 32.0 Å². The van der Waals surface area contributed by atoms with E-state index in [1.165, 1.54) is 15.9 Å². The molecule has 0 spiro atoms. The van der Waals surface area contributed by atoms with Crippen molar-refractivity contribution in [3.63, 3.8) is 0 Å². The molecule has 3 aromatic heterocycles. The number of thiophene rings is 1. The number of aryl methyl sites for hydroxylation is 1. The third-order valence-corrected chi connectivity index (χ3v) is 5.05. The van der Waals surface area contributed by atoms with Gasteiger partial charge in [-0.25, -0.2) is 9.13 Å². The Morgan fingerprint density at radius 1 is 1.30 bits per heavy atom. The molecule has 0 amide bonds. The molecule has 0 N–H and O–H groups in total. The van der Waals surface area contributed by atoms with Crippen LogP contribution in [0.2, 0.25) is 0 Å². The second-order valence-electron chi connectivity index (χ2n) is 5.01. The predicted octanol–water partition coefficient (Wildman–Crippen LogP) is 3.10. The molecule has 0 atom stereocenters. The van der Waals surface area contributed by atoms with Crippen LogP contribution in [0.4, 0.5) is 0 Å². The first-order valence-corrected chi connectivity index (χ1v) is 7.28. The molecule has 4 heteroatoms. The minimum Gasteiger partial charge on any atom is -0.251 e. The fraction of sp³-hybridized carbons (Fsp3) is 0.125. The maximum atomic E-state index is 8.02. The summed E-state index contributed by atoms with van der Waals surface area (Å²) < 4.78 is 28.7. The van der Waals surface area contributed by atoms with Gasteiger partial charge in [-0.05, 0) is 18.2 Å². The largest absolute Gasteiger partial charge is 0.291 e. The summed E-state index contributed by atoms with van der Waals surface area (Å²) in [6.07, 6.45) is 1.76.